The Balaban J connectivity index is 1.40. The first-order valence-electron chi connectivity index (χ1n) is 10.8. The molecular formula is C23H27BrCl2N6S. The summed E-state index contributed by atoms with van der Waals surface area (Å²) in [6.07, 6.45) is 10.4. The molecule has 33 heavy (non-hydrogen) atoms. The van der Waals surface area contributed by atoms with Gasteiger partial charge in [-0.2, -0.15) is 0 Å². The number of aryl methyl sites for hydroxylation is 1. The van der Waals surface area contributed by atoms with Crippen molar-refractivity contribution in [1.82, 2.24) is 25.2 Å². The summed E-state index contributed by atoms with van der Waals surface area (Å²) in [6.45, 7) is 4.14. The average Bonchev–Trinajstić information content (AvgIpc) is 3.32. The van der Waals surface area contributed by atoms with Gasteiger partial charge in [0.25, 0.3) is 0 Å². The molecule has 6 nitrogen and oxygen atoms in total. The van der Waals surface area contributed by atoms with Crippen molar-refractivity contribution in [2.75, 3.05) is 24.5 Å². The molecule has 0 saturated heterocycles. The van der Waals surface area contributed by atoms with E-state index in [1.165, 1.54) is 0 Å². The molecule has 2 heterocycles. The van der Waals surface area contributed by atoms with E-state index in [0.29, 0.717) is 21.7 Å². The number of rotatable bonds is 12. The molecular weight excluding hydrogens is 543 g/mol. The molecule has 10 heteroatoms. The lowest BCUT2D eigenvalue weighted by atomic mass is 10.2. The smallest absolute Gasteiger partial charge is 0.166 e. The van der Waals surface area contributed by atoms with Crippen molar-refractivity contribution >= 4 is 62.3 Å². The molecule has 0 spiro atoms. The first kappa shape index (κ1) is 25.7. The number of unbranched alkanes of at least 4 members (excludes halogenated alkanes) is 1. The molecule has 0 atom stereocenters. The van der Waals surface area contributed by atoms with Crippen molar-refractivity contribution < 1.29 is 0 Å². The normalized spacial score (nSPS) is 10.8. The fraction of sp³-hybridized carbons (Fsp3) is 0.348. The predicted molar refractivity (Wildman–Crippen MR) is 144 cm³/mol. The molecule has 176 valence electrons. The fourth-order valence-corrected chi connectivity index (χ4v) is 4.02. The molecule has 0 aliphatic heterocycles. The molecule has 0 unspecified atom stereocenters. The van der Waals surface area contributed by atoms with Crippen LogP contribution in [0.15, 0.2) is 59.7 Å². The topological polar surface area (TPSA) is 58.0 Å². The van der Waals surface area contributed by atoms with E-state index in [1.54, 1.807) is 6.20 Å². The summed E-state index contributed by atoms with van der Waals surface area (Å²) in [4.78, 5) is 10.9. The SMILES string of the molecule is S=C(NCCCCN(Cc1ccc(Cl)c(Cl)c1)c1ccc(Br)cn1)NCCCn1ccnc1. The Morgan fingerprint density at radius 2 is 1.88 bits per heavy atom. The molecule has 1 aromatic carbocycles. The van der Waals surface area contributed by atoms with Gasteiger partial charge in [0, 0.05) is 55.8 Å². The lowest BCUT2D eigenvalue weighted by Gasteiger charge is -2.24. The minimum atomic E-state index is 0.561. The molecule has 0 bridgehead atoms. The summed E-state index contributed by atoms with van der Waals surface area (Å²) in [6, 6.07) is 9.76. The molecule has 2 N–H and O–H groups in total. The van der Waals surface area contributed by atoms with E-state index in [1.807, 2.05) is 49.1 Å². The Morgan fingerprint density at radius 1 is 1.06 bits per heavy atom. The summed E-state index contributed by atoms with van der Waals surface area (Å²) < 4.78 is 3.01. The molecule has 0 aliphatic carbocycles. The van der Waals surface area contributed by atoms with Crippen LogP contribution < -0.4 is 15.5 Å². The lowest BCUT2D eigenvalue weighted by molar-refractivity contribution is 0.623. The molecule has 0 amide bonds. The van der Waals surface area contributed by atoms with Crippen LogP contribution in [-0.2, 0) is 13.1 Å². The maximum absolute atomic E-state index is 6.21. The zero-order valence-corrected chi connectivity index (χ0v) is 22.1. The van der Waals surface area contributed by atoms with Crippen LogP contribution in [0.2, 0.25) is 10.0 Å². The average molecular weight is 570 g/mol. The van der Waals surface area contributed by atoms with Crippen LogP contribution in [0, 0.1) is 0 Å². The largest absolute Gasteiger partial charge is 0.363 e. The molecule has 0 fully saturated rings. The van der Waals surface area contributed by atoms with Gasteiger partial charge in [-0.3, -0.25) is 0 Å². The quantitative estimate of drug-likeness (QED) is 0.216. The van der Waals surface area contributed by atoms with E-state index in [4.69, 9.17) is 35.4 Å². The van der Waals surface area contributed by atoms with Crippen LogP contribution in [0.3, 0.4) is 0 Å². The highest BCUT2D eigenvalue weighted by molar-refractivity contribution is 9.10. The van der Waals surface area contributed by atoms with Gasteiger partial charge in [0.05, 0.1) is 16.4 Å². The first-order valence-corrected chi connectivity index (χ1v) is 12.7. The second-order valence-electron chi connectivity index (χ2n) is 7.55. The maximum atomic E-state index is 6.21. The number of nitrogens with one attached hydrogen (secondary N) is 2. The van der Waals surface area contributed by atoms with Crippen molar-refractivity contribution in [1.29, 1.82) is 0 Å². The summed E-state index contributed by atoms with van der Waals surface area (Å²) in [7, 11) is 0. The van der Waals surface area contributed by atoms with Gasteiger partial charge in [0.2, 0.25) is 0 Å². The first-order chi connectivity index (χ1) is 16.0. The predicted octanol–water partition coefficient (Wildman–Crippen LogP) is 5.69. The Kier molecular flexibility index (Phi) is 10.7. The van der Waals surface area contributed by atoms with Crippen LogP contribution in [-0.4, -0.2) is 39.3 Å². The Labute approximate surface area is 218 Å². The summed E-state index contributed by atoms with van der Waals surface area (Å²) in [5, 5.41) is 8.37. The third kappa shape index (κ3) is 9.12. The number of thiocarbonyl (C=S) groups is 1. The number of hydrogen-bond donors (Lipinski definition) is 2. The Hall–Kier alpha value is -1.87. The second-order valence-corrected chi connectivity index (χ2v) is 9.69. The number of aromatic nitrogens is 3. The summed E-state index contributed by atoms with van der Waals surface area (Å²) in [5.41, 5.74) is 1.09. The number of halogens is 3. The lowest BCUT2D eigenvalue weighted by Crippen LogP contribution is -2.36. The zero-order valence-electron chi connectivity index (χ0n) is 18.2. The third-order valence-electron chi connectivity index (χ3n) is 4.97. The molecule has 3 rings (SSSR count). The second kappa shape index (κ2) is 13.7. The summed E-state index contributed by atoms with van der Waals surface area (Å²) in [5.74, 6) is 0.923. The summed E-state index contributed by atoms with van der Waals surface area (Å²) >= 11 is 21.1. The van der Waals surface area contributed by atoms with Crippen LogP contribution >= 0.6 is 51.3 Å². The van der Waals surface area contributed by atoms with Crippen LogP contribution in [0.1, 0.15) is 24.8 Å². The fourth-order valence-electron chi connectivity index (χ4n) is 3.26. The van der Waals surface area contributed by atoms with Crippen LogP contribution in [0.5, 0.6) is 0 Å². The highest BCUT2D eigenvalue weighted by atomic mass is 79.9. The number of anilines is 1. The van der Waals surface area contributed by atoms with Gasteiger partial charge >= 0.3 is 0 Å². The van der Waals surface area contributed by atoms with E-state index in [-0.39, 0.29) is 0 Å². The number of pyridine rings is 1. The maximum Gasteiger partial charge on any atom is 0.166 e. The van der Waals surface area contributed by atoms with Gasteiger partial charge in [-0.05, 0) is 77.2 Å². The molecule has 0 saturated carbocycles. The minimum Gasteiger partial charge on any atom is -0.363 e. The van der Waals surface area contributed by atoms with Gasteiger partial charge in [-0.15, -0.1) is 0 Å². The van der Waals surface area contributed by atoms with E-state index >= 15 is 0 Å². The van der Waals surface area contributed by atoms with Gasteiger partial charge in [-0.1, -0.05) is 29.3 Å². The van der Waals surface area contributed by atoms with Crippen LogP contribution in [0.25, 0.3) is 0 Å². The Bertz CT molecular complexity index is 1000. The van der Waals surface area contributed by atoms with E-state index in [2.05, 4.69) is 46.0 Å². The van der Waals surface area contributed by atoms with E-state index < -0.39 is 0 Å². The van der Waals surface area contributed by atoms with Gasteiger partial charge < -0.3 is 20.1 Å². The van der Waals surface area contributed by atoms with Crippen molar-refractivity contribution in [3.8, 4) is 0 Å². The third-order valence-corrected chi connectivity index (χ3v) is 6.47. The molecule has 3 aromatic rings. The standard InChI is InChI=1S/C23H27BrCl2N6S/c24-19-5-7-22(30-15-19)32(16-18-4-6-20(25)21(26)14-18)12-2-1-8-28-23(33)29-9-3-11-31-13-10-27-17-31/h4-7,10,13-15,17H,1-3,8-9,11-12,16H2,(H2,28,29,33). The monoisotopic (exact) mass is 568 g/mol. The van der Waals surface area contributed by atoms with Gasteiger partial charge in [-0.25, -0.2) is 9.97 Å². The Morgan fingerprint density at radius 3 is 2.58 bits per heavy atom. The van der Waals surface area contributed by atoms with Gasteiger partial charge in [0.15, 0.2) is 5.11 Å². The van der Waals surface area contributed by atoms with Crippen molar-refractivity contribution in [3.05, 3.63) is 75.3 Å². The van der Waals surface area contributed by atoms with Crippen molar-refractivity contribution in [2.24, 2.45) is 0 Å². The van der Waals surface area contributed by atoms with E-state index in [0.717, 1.165) is 61.3 Å². The zero-order chi connectivity index (χ0) is 23.5. The molecule has 0 radical (unpaired) electrons. The number of hydrogen-bond acceptors (Lipinski definition) is 4. The van der Waals surface area contributed by atoms with Crippen molar-refractivity contribution in [3.63, 3.8) is 0 Å². The van der Waals surface area contributed by atoms with Gasteiger partial charge in [0.1, 0.15) is 5.82 Å². The highest BCUT2D eigenvalue weighted by Crippen LogP contribution is 2.25. The number of benzene rings is 1. The number of imidazole rings is 1. The number of nitrogens with zero attached hydrogens (tertiary/aromatic N) is 4. The molecule has 2 aromatic heterocycles. The van der Waals surface area contributed by atoms with Crippen LogP contribution in [0.4, 0.5) is 5.82 Å². The highest BCUT2D eigenvalue weighted by Gasteiger charge is 2.10. The van der Waals surface area contributed by atoms with Crippen molar-refractivity contribution in [2.45, 2.75) is 32.4 Å². The minimum absolute atomic E-state index is 0.561. The molecule has 0 aliphatic rings. The van der Waals surface area contributed by atoms with E-state index in [9.17, 15) is 0 Å².